The average molecular weight is 605 g/mol. The zero-order chi connectivity index (χ0) is 30.7. The van der Waals surface area contributed by atoms with Crippen LogP contribution >= 0.6 is 11.3 Å². The van der Waals surface area contributed by atoms with Crippen LogP contribution in [0.25, 0.3) is 10.2 Å². The lowest BCUT2D eigenvalue weighted by molar-refractivity contribution is -0.385. The van der Waals surface area contributed by atoms with Gasteiger partial charge in [0.05, 0.1) is 27.3 Å². The number of nitrogens with zero attached hydrogens (tertiary/aromatic N) is 4. The first kappa shape index (κ1) is 29.9. The quantitative estimate of drug-likeness (QED) is 0.187. The number of hydrogen-bond acceptors (Lipinski definition) is 9. The Morgan fingerprint density at radius 2 is 1.79 bits per heavy atom. The lowest BCUT2D eigenvalue weighted by Gasteiger charge is -2.26. The van der Waals surface area contributed by atoms with E-state index < -0.39 is 22.5 Å². The molecule has 5 rings (SSSR count). The molecule has 2 N–H and O–H groups in total. The van der Waals surface area contributed by atoms with E-state index in [-0.39, 0.29) is 39.3 Å². The first-order valence-corrected chi connectivity index (χ1v) is 14.8. The number of ether oxygens (including phenoxy) is 1. The third kappa shape index (κ3) is 6.42. The summed E-state index contributed by atoms with van der Waals surface area (Å²) < 4.78 is 6.11. The van der Waals surface area contributed by atoms with Crippen molar-refractivity contribution in [2.75, 3.05) is 25.0 Å². The molecule has 12 nitrogen and oxygen atoms in total. The fraction of sp³-hybridized carbons (Fsp3) is 0.333. The molecular formula is C30H32N6O6S. The zero-order valence-corrected chi connectivity index (χ0v) is 24.9. The molecule has 0 aliphatic carbocycles. The summed E-state index contributed by atoms with van der Waals surface area (Å²) in [6.07, 6.45) is 1.39. The molecule has 1 fully saturated rings. The smallest absolute Gasteiger partial charge is 0.436 e. The van der Waals surface area contributed by atoms with Crippen LogP contribution in [0.2, 0.25) is 0 Å². The summed E-state index contributed by atoms with van der Waals surface area (Å²) in [5.41, 5.74) is 0.475. The number of nitrogens with one attached hydrogen (secondary N) is 2. The van der Waals surface area contributed by atoms with Crippen molar-refractivity contribution in [3.63, 3.8) is 0 Å². The largest absolute Gasteiger partial charge is 0.448 e. The van der Waals surface area contributed by atoms with Crippen molar-refractivity contribution in [2.45, 2.75) is 45.7 Å². The van der Waals surface area contributed by atoms with E-state index in [1.165, 1.54) is 18.2 Å². The molecule has 0 atom stereocenters. The fourth-order valence-corrected chi connectivity index (χ4v) is 6.08. The third-order valence-corrected chi connectivity index (χ3v) is 8.40. The fourth-order valence-electron chi connectivity index (χ4n) is 5.09. The van der Waals surface area contributed by atoms with Gasteiger partial charge in [0, 0.05) is 12.6 Å². The molecule has 0 radical (unpaired) electrons. The van der Waals surface area contributed by atoms with E-state index in [0.717, 1.165) is 53.1 Å². The van der Waals surface area contributed by atoms with Gasteiger partial charge in [0.25, 0.3) is 17.5 Å². The summed E-state index contributed by atoms with van der Waals surface area (Å²) in [7, 11) is 0. The summed E-state index contributed by atoms with van der Waals surface area (Å²) >= 11 is 1.01. The molecule has 43 heavy (non-hydrogen) atoms. The predicted molar refractivity (Wildman–Crippen MR) is 163 cm³/mol. The Kier molecular flexibility index (Phi) is 8.55. The number of hydrogen-bond donors (Lipinski definition) is 2. The normalized spacial score (nSPS) is 13.7. The van der Waals surface area contributed by atoms with Crippen molar-refractivity contribution in [1.29, 1.82) is 0 Å². The van der Waals surface area contributed by atoms with Gasteiger partial charge < -0.3 is 15.4 Å². The van der Waals surface area contributed by atoms with Crippen LogP contribution in [-0.4, -0.2) is 57.2 Å². The van der Waals surface area contributed by atoms with Crippen molar-refractivity contribution < 1.29 is 24.0 Å². The van der Waals surface area contributed by atoms with Gasteiger partial charge in [-0.2, -0.15) is 4.68 Å². The van der Waals surface area contributed by atoms with E-state index in [1.54, 1.807) is 13.0 Å². The standard InChI is InChI=1S/C30H32N6O6S/c1-4-42-29(39)35-28-22(17-24(43-28)27(38)32-30(2,3)20-10-6-5-7-11-20)25(33-35)31-26(37)21-13-12-19(16-23(21)36(40)41)18-34-14-8-9-15-34/h5-7,10-13,16-17H,4,8-9,14-15,18H2,1-3H3,(H,32,38)(H,31,33,37). The number of carbonyl (C=O) groups excluding carboxylic acids is 3. The van der Waals surface area contributed by atoms with Gasteiger partial charge in [0.2, 0.25) is 0 Å². The lowest BCUT2D eigenvalue weighted by Crippen LogP contribution is -2.40. The number of likely N-dealkylation sites (tertiary alicyclic amines) is 1. The monoisotopic (exact) mass is 604 g/mol. The summed E-state index contributed by atoms with van der Waals surface area (Å²) in [6.45, 7) is 7.91. The van der Waals surface area contributed by atoms with Crippen molar-refractivity contribution in [1.82, 2.24) is 20.0 Å². The number of fused-ring (bicyclic) bond motifs is 1. The van der Waals surface area contributed by atoms with Gasteiger partial charge in [0.15, 0.2) is 5.82 Å². The average Bonchev–Trinajstić information content (AvgIpc) is 3.72. The molecule has 0 bridgehead atoms. The van der Waals surface area contributed by atoms with Crippen molar-refractivity contribution in [3.05, 3.63) is 86.3 Å². The topological polar surface area (TPSA) is 149 Å². The molecule has 0 unspecified atom stereocenters. The maximum atomic E-state index is 13.4. The van der Waals surface area contributed by atoms with Gasteiger partial charge in [-0.25, -0.2) is 4.79 Å². The van der Waals surface area contributed by atoms with Gasteiger partial charge in [0.1, 0.15) is 10.4 Å². The molecule has 1 saturated heterocycles. The molecule has 0 saturated carbocycles. The Balaban J connectivity index is 1.45. The molecule has 224 valence electrons. The number of nitro groups is 1. The highest BCUT2D eigenvalue weighted by Crippen LogP contribution is 2.33. The number of nitro benzene ring substituents is 1. The number of rotatable bonds is 9. The summed E-state index contributed by atoms with van der Waals surface area (Å²) in [6, 6.07) is 15.6. The lowest BCUT2D eigenvalue weighted by atomic mass is 9.94. The minimum Gasteiger partial charge on any atom is -0.448 e. The highest BCUT2D eigenvalue weighted by Gasteiger charge is 2.29. The van der Waals surface area contributed by atoms with Gasteiger partial charge >= 0.3 is 6.09 Å². The number of amides is 2. The Labute approximate surface area is 251 Å². The predicted octanol–water partition coefficient (Wildman–Crippen LogP) is 5.52. The second-order valence-corrected chi connectivity index (χ2v) is 11.8. The summed E-state index contributed by atoms with van der Waals surface area (Å²) in [5, 5.41) is 22.1. The highest BCUT2D eigenvalue weighted by molar-refractivity contribution is 7.20. The molecule has 1 aliphatic heterocycles. The van der Waals surface area contributed by atoms with E-state index in [1.807, 2.05) is 44.2 Å². The van der Waals surface area contributed by atoms with Gasteiger partial charge in [-0.3, -0.25) is 24.6 Å². The van der Waals surface area contributed by atoms with Crippen molar-refractivity contribution >= 4 is 51.0 Å². The van der Waals surface area contributed by atoms with Crippen molar-refractivity contribution in [2.24, 2.45) is 0 Å². The number of aromatic nitrogens is 2. The molecule has 0 spiro atoms. The van der Waals surface area contributed by atoms with Gasteiger partial charge in [-0.15, -0.1) is 16.4 Å². The van der Waals surface area contributed by atoms with E-state index in [2.05, 4.69) is 20.6 Å². The molecule has 4 aromatic rings. The molecule has 13 heteroatoms. The minimum atomic E-state index is -0.788. The first-order chi connectivity index (χ1) is 20.6. The minimum absolute atomic E-state index is 0.0267. The number of carbonyl (C=O) groups is 3. The van der Waals surface area contributed by atoms with Crippen LogP contribution in [-0.2, 0) is 16.8 Å². The molecule has 2 aromatic carbocycles. The van der Waals surface area contributed by atoms with E-state index >= 15 is 0 Å². The number of thiophene rings is 1. The molecule has 2 amide bonds. The number of anilines is 1. The third-order valence-electron chi connectivity index (χ3n) is 7.29. The highest BCUT2D eigenvalue weighted by atomic mass is 32.1. The molecule has 2 aromatic heterocycles. The van der Waals surface area contributed by atoms with Crippen LogP contribution < -0.4 is 10.6 Å². The Bertz CT molecular complexity index is 1690. The maximum absolute atomic E-state index is 13.4. The van der Waals surface area contributed by atoms with Crippen LogP contribution in [0, 0.1) is 10.1 Å². The van der Waals surface area contributed by atoms with Crippen LogP contribution in [0.4, 0.5) is 16.3 Å². The SMILES string of the molecule is CCOC(=O)n1nc(NC(=O)c2ccc(CN3CCCC3)cc2[N+](=O)[O-])c2cc(C(=O)NC(C)(C)c3ccccc3)sc21. The second kappa shape index (κ2) is 12.3. The molecular weight excluding hydrogens is 572 g/mol. The van der Waals surface area contributed by atoms with Crippen LogP contribution in [0.5, 0.6) is 0 Å². The van der Waals surface area contributed by atoms with E-state index in [9.17, 15) is 24.5 Å². The van der Waals surface area contributed by atoms with Crippen LogP contribution in [0.3, 0.4) is 0 Å². The van der Waals surface area contributed by atoms with E-state index in [0.29, 0.717) is 11.9 Å². The zero-order valence-electron chi connectivity index (χ0n) is 24.1. The Morgan fingerprint density at radius 3 is 2.47 bits per heavy atom. The summed E-state index contributed by atoms with van der Waals surface area (Å²) in [5.74, 6) is -1.18. The summed E-state index contributed by atoms with van der Waals surface area (Å²) in [4.78, 5) is 53.5. The molecule has 3 heterocycles. The maximum Gasteiger partial charge on any atom is 0.436 e. The first-order valence-electron chi connectivity index (χ1n) is 14.0. The second-order valence-electron chi connectivity index (χ2n) is 10.8. The molecule has 1 aliphatic rings. The van der Waals surface area contributed by atoms with Gasteiger partial charge in [-0.05, 0) is 70.0 Å². The number of benzene rings is 2. The van der Waals surface area contributed by atoms with Crippen LogP contribution in [0.1, 0.15) is 64.8 Å². The van der Waals surface area contributed by atoms with Crippen molar-refractivity contribution in [3.8, 4) is 0 Å². The van der Waals surface area contributed by atoms with Gasteiger partial charge in [-0.1, -0.05) is 36.4 Å². The van der Waals surface area contributed by atoms with Crippen LogP contribution in [0.15, 0.2) is 54.6 Å². The Morgan fingerprint density at radius 1 is 1.07 bits per heavy atom. The van der Waals surface area contributed by atoms with E-state index in [4.69, 9.17) is 4.74 Å². The Hall–Kier alpha value is -4.62.